The fourth-order valence-electron chi connectivity index (χ4n) is 1.79. The Kier molecular flexibility index (Phi) is 13.2. The molecule has 0 aliphatic carbocycles. The molecule has 2 N–H and O–H groups in total. The Morgan fingerprint density at radius 2 is 2.09 bits per heavy atom. The molecule has 126 valence electrons. The van der Waals surface area contributed by atoms with Gasteiger partial charge in [-0.15, -0.1) is 24.0 Å². The predicted octanol–water partition coefficient (Wildman–Crippen LogP) is 2.47. The van der Waals surface area contributed by atoms with E-state index in [2.05, 4.69) is 40.5 Å². The van der Waals surface area contributed by atoms with Crippen LogP contribution in [0.5, 0.6) is 0 Å². The van der Waals surface area contributed by atoms with Crippen LogP contribution in [-0.2, 0) is 11.2 Å². The van der Waals surface area contributed by atoms with E-state index in [9.17, 15) is 0 Å². The van der Waals surface area contributed by atoms with Crippen LogP contribution in [0, 0.1) is 5.92 Å². The number of aromatic nitrogens is 1. The van der Waals surface area contributed by atoms with Gasteiger partial charge in [0, 0.05) is 45.7 Å². The molecule has 0 aromatic carbocycles. The third-order valence-corrected chi connectivity index (χ3v) is 2.86. The lowest BCUT2D eigenvalue weighted by Crippen LogP contribution is -2.39. The minimum atomic E-state index is 0. The molecule has 0 unspecified atom stereocenters. The van der Waals surface area contributed by atoms with Crippen LogP contribution in [-0.4, -0.2) is 44.3 Å². The van der Waals surface area contributed by atoms with Crippen molar-refractivity contribution in [2.75, 3.05) is 33.4 Å². The van der Waals surface area contributed by atoms with Gasteiger partial charge in [-0.05, 0) is 30.4 Å². The Hall–Kier alpha value is -0.890. The molecule has 6 heteroatoms. The number of nitrogens with one attached hydrogen (secondary N) is 2. The number of hydrogen-bond donors (Lipinski definition) is 2. The van der Waals surface area contributed by atoms with Gasteiger partial charge in [0.05, 0.1) is 0 Å². The van der Waals surface area contributed by atoms with Gasteiger partial charge >= 0.3 is 0 Å². The van der Waals surface area contributed by atoms with Crippen LogP contribution in [0.25, 0.3) is 0 Å². The smallest absolute Gasteiger partial charge is 0.190 e. The second-order valence-corrected chi connectivity index (χ2v) is 5.36. The Morgan fingerprint density at radius 1 is 1.32 bits per heavy atom. The predicted molar refractivity (Wildman–Crippen MR) is 103 cm³/mol. The summed E-state index contributed by atoms with van der Waals surface area (Å²) in [6.07, 6.45) is 5.60. The lowest BCUT2D eigenvalue weighted by Gasteiger charge is -2.12. The van der Waals surface area contributed by atoms with E-state index in [-0.39, 0.29) is 24.0 Å². The second kappa shape index (κ2) is 13.8. The van der Waals surface area contributed by atoms with Crippen molar-refractivity contribution in [2.45, 2.75) is 26.7 Å². The van der Waals surface area contributed by atoms with E-state index in [1.807, 2.05) is 12.3 Å². The van der Waals surface area contributed by atoms with Crippen molar-refractivity contribution in [1.82, 2.24) is 15.6 Å². The van der Waals surface area contributed by atoms with Crippen LogP contribution in [0.15, 0.2) is 29.5 Å². The maximum absolute atomic E-state index is 5.54. The lowest BCUT2D eigenvalue weighted by atomic mass is 10.2. The normalized spacial score (nSPS) is 11.2. The van der Waals surface area contributed by atoms with Crippen LogP contribution in [0.4, 0.5) is 0 Å². The van der Waals surface area contributed by atoms with E-state index in [1.54, 1.807) is 13.2 Å². The summed E-state index contributed by atoms with van der Waals surface area (Å²) in [5, 5.41) is 6.58. The van der Waals surface area contributed by atoms with Crippen LogP contribution < -0.4 is 10.6 Å². The van der Waals surface area contributed by atoms with Crippen molar-refractivity contribution in [1.29, 1.82) is 0 Å². The Labute approximate surface area is 151 Å². The Morgan fingerprint density at radius 3 is 2.73 bits per heavy atom. The summed E-state index contributed by atoms with van der Waals surface area (Å²) >= 11 is 0. The molecule has 0 amide bonds. The number of ether oxygens (including phenoxy) is 1. The standard InChI is InChI=1S/C16H28N4O.HI/c1-14(2)13-21-11-5-9-19-16(17-3)20-10-7-15-6-4-8-18-12-15;/h4,6,8,12,14H,5,7,9-11,13H2,1-3H3,(H2,17,19,20);1H. The van der Waals surface area contributed by atoms with Crippen molar-refractivity contribution in [3.8, 4) is 0 Å². The molecule has 0 aliphatic heterocycles. The van der Waals surface area contributed by atoms with E-state index in [0.29, 0.717) is 5.92 Å². The molecule has 0 aliphatic rings. The van der Waals surface area contributed by atoms with Gasteiger partial charge in [-0.2, -0.15) is 0 Å². The van der Waals surface area contributed by atoms with Gasteiger partial charge in [-0.25, -0.2) is 0 Å². The maximum atomic E-state index is 5.54. The number of halogens is 1. The molecule has 22 heavy (non-hydrogen) atoms. The lowest BCUT2D eigenvalue weighted by molar-refractivity contribution is 0.108. The zero-order valence-corrected chi connectivity index (χ0v) is 16.2. The SMILES string of the molecule is CN=C(NCCCOCC(C)C)NCCc1cccnc1.I. The first-order valence-electron chi connectivity index (χ1n) is 7.63. The van der Waals surface area contributed by atoms with Gasteiger partial charge < -0.3 is 15.4 Å². The van der Waals surface area contributed by atoms with E-state index >= 15 is 0 Å². The van der Waals surface area contributed by atoms with Crippen LogP contribution in [0.2, 0.25) is 0 Å². The van der Waals surface area contributed by atoms with Crippen molar-refractivity contribution in [3.05, 3.63) is 30.1 Å². The highest BCUT2D eigenvalue weighted by molar-refractivity contribution is 14.0. The Balaban J connectivity index is 0.00000441. The molecule has 1 rings (SSSR count). The van der Waals surface area contributed by atoms with Crippen LogP contribution in [0.1, 0.15) is 25.8 Å². The molecule has 1 aromatic heterocycles. The molecule has 0 spiro atoms. The summed E-state index contributed by atoms with van der Waals surface area (Å²) in [6, 6.07) is 4.04. The van der Waals surface area contributed by atoms with Crippen molar-refractivity contribution in [3.63, 3.8) is 0 Å². The third kappa shape index (κ3) is 10.8. The fraction of sp³-hybridized carbons (Fsp3) is 0.625. The Bertz CT molecular complexity index is 398. The number of guanidine groups is 1. The molecular formula is C16H29IN4O. The maximum Gasteiger partial charge on any atom is 0.190 e. The number of rotatable bonds is 9. The molecule has 0 atom stereocenters. The first kappa shape index (κ1) is 21.1. The molecule has 1 heterocycles. The van der Waals surface area contributed by atoms with E-state index in [4.69, 9.17) is 4.74 Å². The molecule has 0 saturated heterocycles. The number of pyridine rings is 1. The van der Waals surface area contributed by atoms with Gasteiger partial charge in [0.25, 0.3) is 0 Å². The molecule has 1 aromatic rings. The van der Waals surface area contributed by atoms with Gasteiger partial charge in [0.15, 0.2) is 5.96 Å². The molecule has 5 nitrogen and oxygen atoms in total. The molecule has 0 saturated carbocycles. The molecular weight excluding hydrogens is 391 g/mol. The summed E-state index contributed by atoms with van der Waals surface area (Å²) in [5.74, 6) is 1.43. The molecule has 0 fully saturated rings. The molecule has 0 bridgehead atoms. The largest absolute Gasteiger partial charge is 0.381 e. The van der Waals surface area contributed by atoms with Crippen molar-refractivity contribution < 1.29 is 4.74 Å². The highest BCUT2D eigenvalue weighted by Gasteiger charge is 1.98. The van der Waals surface area contributed by atoms with Crippen molar-refractivity contribution in [2.24, 2.45) is 10.9 Å². The average Bonchev–Trinajstić information content (AvgIpc) is 2.49. The molecule has 0 radical (unpaired) electrons. The highest BCUT2D eigenvalue weighted by atomic mass is 127. The second-order valence-electron chi connectivity index (χ2n) is 5.36. The summed E-state index contributed by atoms with van der Waals surface area (Å²) in [4.78, 5) is 8.31. The average molecular weight is 420 g/mol. The third-order valence-electron chi connectivity index (χ3n) is 2.86. The van der Waals surface area contributed by atoms with Crippen LogP contribution in [0.3, 0.4) is 0 Å². The zero-order chi connectivity index (χ0) is 15.3. The summed E-state index contributed by atoms with van der Waals surface area (Å²) in [7, 11) is 1.79. The fourth-order valence-corrected chi connectivity index (χ4v) is 1.79. The van der Waals surface area contributed by atoms with Gasteiger partial charge in [-0.1, -0.05) is 19.9 Å². The zero-order valence-electron chi connectivity index (χ0n) is 13.8. The van der Waals surface area contributed by atoms with Gasteiger partial charge in [0.1, 0.15) is 0 Å². The van der Waals surface area contributed by atoms with E-state index in [0.717, 1.165) is 45.1 Å². The van der Waals surface area contributed by atoms with Crippen molar-refractivity contribution >= 4 is 29.9 Å². The van der Waals surface area contributed by atoms with Crippen LogP contribution >= 0.6 is 24.0 Å². The number of aliphatic imine (C=N–C) groups is 1. The van der Waals surface area contributed by atoms with E-state index in [1.165, 1.54) is 5.56 Å². The monoisotopic (exact) mass is 420 g/mol. The van der Waals surface area contributed by atoms with Gasteiger partial charge in [0.2, 0.25) is 0 Å². The highest BCUT2D eigenvalue weighted by Crippen LogP contribution is 1.95. The summed E-state index contributed by atoms with van der Waals surface area (Å²) in [5.41, 5.74) is 1.22. The number of nitrogens with zero attached hydrogens (tertiary/aromatic N) is 2. The topological polar surface area (TPSA) is 58.5 Å². The first-order chi connectivity index (χ1) is 10.2. The first-order valence-corrected chi connectivity index (χ1v) is 7.63. The summed E-state index contributed by atoms with van der Waals surface area (Å²) < 4.78 is 5.54. The minimum absolute atomic E-state index is 0. The quantitative estimate of drug-likeness (QED) is 0.279. The summed E-state index contributed by atoms with van der Waals surface area (Å²) in [6.45, 7) is 7.65. The minimum Gasteiger partial charge on any atom is -0.381 e. The van der Waals surface area contributed by atoms with Gasteiger partial charge in [-0.3, -0.25) is 9.98 Å². The number of hydrogen-bond acceptors (Lipinski definition) is 3. The van der Waals surface area contributed by atoms with E-state index < -0.39 is 0 Å².